The molecule has 0 unspecified atom stereocenters. The average Bonchev–Trinajstić information content (AvgIpc) is 2.58. The second-order valence-corrected chi connectivity index (χ2v) is 6.89. The fourth-order valence-electron chi connectivity index (χ4n) is 3.80. The molecule has 0 radical (unpaired) electrons. The minimum absolute atomic E-state index is 0.166. The van der Waals surface area contributed by atoms with Crippen LogP contribution in [0.2, 0.25) is 5.15 Å². The second-order valence-electron chi connectivity index (χ2n) is 6.53. The number of halogens is 1. The molecule has 0 N–H and O–H groups in total. The summed E-state index contributed by atoms with van der Waals surface area (Å²) in [7, 11) is 0. The second kappa shape index (κ2) is 6.30. The lowest BCUT2D eigenvalue weighted by Gasteiger charge is -2.52. The van der Waals surface area contributed by atoms with E-state index in [0.29, 0.717) is 28.9 Å². The van der Waals surface area contributed by atoms with Crippen LogP contribution in [0.5, 0.6) is 0 Å². The van der Waals surface area contributed by atoms with Crippen LogP contribution in [0, 0.1) is 28.1 Å². The molecule has 2 aliphatic rings. The van der Waals surface area contributed by atoms with E-state index in [4.69, 9.17) is 11.6 Å². The first kappa shape index (κ1) is 16.5. The van der Waals surface area contributed by atoms with E-state index in [1.807, 2.05) is 6.92 Å². The Morgan fingerprint density at radius 1 is 1.25 bits per heavy atom. The van der Waals surface area contributed by atoms with Crippen LogP contribution in [0.1, 0.15) is 36.5 Å². The number of nitriles is 2. The van der Waals surface area contributed by atoms with Crippen molar-refractivity contribution in [2.24, 2.45) is 5.41 Å². The van der Waals surface area contributed by atoms with Gasteiger partial charge in [0.1, 0.15) is 23.1 Å². The van der Waals surface area contributed by atoms with Crippen LogP contribution in [-0.2, 0) is 11.2 Å². The topological polar surface area (TPSA) is 84.0 Å². The van der Waals surface area contributed by atoms with E-state index < -0.39 is 0 Å². The quantitative estimate of drug-likeness (QED) is 0.620. The molecule has 0 atom stereocenters. The molecule has 0 aromatic carbocycles. The van der Waals surface area contributed by atoms with Gasteiger partial charge in [0.15, 0.2) is 0 Å². The summed E-state index contributed by atoms with van der Waals surface area (Å²) in [5, 5.41) is 19.0. The van der Waals surface area contributed by atoms with Crippen molar-refractivity contribution in [3.63, 3.8) is 0 Å². The molecule has 6 nitrogen and oxygen atoms in total. The zero-order chi connectivity index (χ0) is 17.3. The molecule has 124 valence electrons. The highest BCUT2D eigenvalue weighted by molar-refractivity contribution is 6.30. The number of carbonyl (C=O) groups is 1. The van der Waals surface area contributed by atoms with Crippen molar-refractivity contribution in [3.8, 4) is 12.1 Å². The van der Waals surface area contributed by atoms with Crippen molar-refractivity contribution in [2.75, 3.05) is 31.1 Å². The first-order chi connectivity index (χ1) is 11.6. The lowest BCUT2D eigenvalue weighted by molar-refractivity contribution is -0.130. The molecule has 0 saturated carbocycles. The number of nitrogens with zero attached hydrogens (tertiary/aromatic N) is 5. The number of piperidine rings is 1. The van der Waals surface area contributed by atoms with Crippen LogP contribution in [0.4, 0.5) is 5.82 Å². The predicted molar refractivity (Wildman–Crippen MR) is 89.6 cm³/mol. The number of pyridine rings is 1. The minimum atomic E-state index is 0.166. The van der Waals surface area contributed by atoms with E-state index in [0.717, 1.165) is 45.4 Å². The Bertz CT molecular complexity index is 748. The monoisotopic (exact) mass is 343 g/mol. The Balaban J connectivity index is 1.86. The lowest BCUT2D eigenvalue weighted by atomic mass is 9.72. The van der Waals surface area contributed by atoms with Crippen molar-refractivity contribution < 1.29 is 4.79 Å². The highest BCUT2D eigenvalue weighted by Gasteiger charge is 2.44. The van der Waals surface area contributed by atoms with E-state index in [1.54, 1.807) is 4.90 Å². The molecule has 1 amide bonds. The minimum Gasteiger partial charge on any atom is -0.355 e. The van der Waals surface area contributed by atoms with Crippen molar-refractivity contribution in [1.29, 1.82) is 10.5 Å². The molecule has 2 fully saturated rings. The molecule has 1 spiro atoms. The summed E-state index contributed by atoms with van der Waals surface area (Å²) >= 11 is 6.18. The molecule has 3 rings (SSSR count). The standard InChI is InChI=1S/C17H18ClN5O/c1-2-12-13(7-19)15(18)21-16(14(12)8-20)23-5-3-17(4-6-23)9-22(10-17)11-24/h11H,2-6,9-10H2,1H3. The number of hydrogen-bond acceptors (Lipinski definition) is 5. The number of likely N-dealkylation sites (tertiary alicyclic amines) is 1. The fourth-order valence-corrected chi connectivity index (χ4v) is 4.04. The van der Waals surface area contributed by atoms with Gasteiger partial charge in [-0.2, -0.15) is 10.5 Å². The van der Waals surface area contributed by atoms with Gasteiger partial charge in [0.25, 0.3) is 0 Å². The molecule has 0 aliphatic carbocycles. The maximum absolute atomic E-state index is 10.8. The van der Waals surface area contributed by atoms with Gasteiger partial charge in [0.05, 0.1) is 11.1 Å². The van der Waals surface area contributed by atoms with E-state index in [9.17, 15) is 15.3 Å². The number of aromatic nitrogens is 1. The summed E-state index contributed by atoms with van der Waals surface area (Å²) in [6.45, 7) is 5.10. The van der Waals surface area contributed by atoms with Gasteiger partial charge in [-0.05, 0) is 24.8 Å². The molecule has 7 heteroatoms. The largest absolute Gasteiger partial charge is 0.355 e. The van der Waals surface area contributed by atoms with Gasteiger partial charge in [0, 0.05) is 31.6 Å². The van der Waals surface area contributed by atoms with Gasteiger partial charge in [-0.3, -0.25) is 4.79 Å². The van der Waals surface area contributed by atoms with Crippen LogP contribution in [0.15, 0.2) is 0 Å². The van der Waals surface area contributed by atoms with Gasteiger partial charge in [-0.25, -0.2) is 4.98 Å². The van der Waals surface area contributed by atoms with Gasteiger partial charge in [-0.1, -0.05) is 18.5 Å². The molecule has 1 aromatic heterocycles. The molecular formula is C17H18ClN5O. The van der Waals surface area contributed by atoms with Crippen molar-refractivity contribution in [2.45, 2.75) is 26.2 Å². The fraction of sp³-hybridized carbons (Fsp3) is 0.529. The van der Waals surface area contributed by atoms with E-state index in [-0.39, 0.29) is 10.6 Å². The zero-order valence-electron chi connectivity index (χ0n) is 13.5. The number of amides is 1. The number of hydrogen-bond donors (Lipinski definition) is 0. The molecule has 2 saturated heterocycles. The third-order valence-electron chi connectivity index (χ3n) is 5.16. The molecule has 3 heterocycles. The maximum Gasteiger partial charge on any atom is 0.209 e. The van der Waals surface area contributed by atoms with Gasteiger partial charge >= 0.3 is 0 Å². The van der Waals surface area contributed by atoms with Gasteiger partial charge < -0.3 is 9.80 Å². The Morgan fingerprint density at radius 3 is 2.38 bits per heavy atom. The Labute approximate surface area is 146 Å². The van der Waals surface area contributed by atoms with Crippen molar-refractivity contribution >= 4 is 23.8 Å². The SMILES string of the molecule is CCc1c(C#N)c(Cl)nc(N2CCC3(CC2)CN(C=O)C3)c1C#N. The summed E-state index contributed by atoms with van der Waals surface area (Å²) < 4.78 is 0. The Morgan fingerprint density at radius 2 is 1.88 bits per heavy atom. The van der Waals surface area contributed by atoms with Crippen LogP contribution in [-0.4, -0.2) is 42.5 Å². The van der Waals surface area contributed by atoms with Crippen molar-refractivity contribution in [3.05, 3.63) is 21.8 Å². The molecule has 24 heavy (non-hydrogen) atoms. The first-order valence-electron chi connectivity index (χ1n) is 8.04. The normalized spacial score (nSPS) is 18.7. The third kappa shape index (κ3) is 2.57. The predicted octanol–water partition coefficient (Wildman–Crippen LogP) is 2.10. The highest BCUT2D eigenvalue weighted by atomic mass is 35.5. The maximum atomic E-state index is 10.8. The number of anilines is 1. The van der Waals surface area contributed by atoms with E-state index in [1.165, 1.54) is 0 Å². The van der Waals surface area contributed by atoms with Gasteiger partial charge in [-0.15, -0.1) is 0 Å². The highest BCUT2D eigenvalue weighted by Crippen LogP contribution is 2.41. The van der Waals surface area contributed by atoms with Gasteiger partial charge in [0.2, 0.25) is 6.41 Å². The van der Waals surface area contributed by atoms with Crippen LogP contribution in [0.25, 0.3) is 0 Å². The summed E-state index contributed by atoms with van der Waals surface area (Å²) in [4.78, 5) is 19.0. The summed E-state index contributed by atoms with van der Waals surface area (Å²) in [6.07, 6.45) is 3.39. The third-order valence-corrected chi connectivity index (χ3v) is 5.44. The van der Waals surface area contributed by atoms with Crippen LogP contribution in [0.3, 0.4) is 0 Å². The molecule has 1 aromatic rings. The number of carbonyl (C=O) groups excluding carboxylic acids is 1. The average molecular weight is 344 g/mol. The Kier molecular flexibility index (Phi) is 4.34. The Hall–Kier alpha value is -2.31. The summed E-state index contributed by atoms with van der Waals surface area (Å²) in [5.74, 6) is 0.583. The summed E-state index contributed by atoms with van der Waals surface area (Å²) in [5.41, 5.74) is 1.64. The molecular weight excluding hydrogens is 326 g/mol. The van der Waals surface area contributed by atoms with E-state index >= 15 is 0 Å². The lowest BCUT2D eigenvalue weighted by Crippen LogP contribution is -2.59. The summed E-state index contributed by atoms with van der Waals surface area (Å²) in [6, 6.07) is 4.27. The number of rotatable bonds is 3. The molecule has 2 aliphatic heterocycles. The first-order valence-corrected chi connectivity index (χ1v) is 8.42. The van der Waals surface area contributed by atoms with Crippen molar-refractivity contribution in [1.82, 2.24) is 9.88 Å². The zero-order valence-corrected chi connectivity index (χ0v) is 14.3. The van der Waals surface area contributed by atoms with Crippen LogP contribution >= 0.6 is 11.6 Å². The van der Waals surface area contributed by atoms with E-state index in [2.05, 4.69) is 22.0 Å². The smallest absolute Gasteiger partial charge is 0.209 e. The molecule has 0 bridgehead atoms. The van der Waals surface area contributed by atoms with Crippen LogP contribution < -0.4 is 4.90 Å².